The number of nitrogens with zero attached hydrogens (tertiary/aromatic N) is 2. The zero-order chi connectivity index (χ0) is 23.4. The minimum absolute atomic E-state index is 0.0715. The van der Waals surface area contributed by atoms with Crippen LogP contribution in [0, 0.1) is 5.41 Å². The highest BCUT2D eigenvalue weighted by Crippen LogP contribution is 2.38. The Morgan fingerprint density at radius 1 is 1.03 bits per heavy atom. The molecule has 2 fully saturated rings. The molecule has 0 N–H and O–H groups in total. The van der Waals surface area contributed by atoms with E-state index >= 15 is 0 Å². The summed E-state index contributed by atoms with van der Waals surface area (Å²) in [6.07, 6.45) is 4.36. The SMILES string of the molecule is CC(=O)c1cccc(-c2ccc(CC3(C(=O)N(C)C4CCN(C)CC4)CCOCC3)cc2)c1. The highest BCUT2D eigenvalue weighted by atomic mass is 16.5. The summed E-state index contributed by atoms with van der Waals surface area (Å²) in [5.41, 5.74) is 3.62. The topological polar surface area (TPSA) is 49.9 Å². The third kappa shape index (κ3) is 5.36. The monoisotopic (exact) mass is 448 g/mol. The molecular weight excluding hydrogens is 412 g/mol. The number of rotatable bonds is 6. The van der Waals surface area contributed by atoms with E-state index in [1.807, 2.05) is 36.2 Å². The van der Waals surface area contributed by atoms with Gasteiger partial charge in [-0.25, -0.2) is 0 Å². The predicted octanol–water partition coefficient (Wildman–Crippen LogP) is 4.45. The van der Waals surface area contributed by atoms with Crippen LogP contribution in [0.25, 0.3) is 11.1 Å². The Bertz CT molecular complexity index is 971. The molecule has 2 aromatic carbocycles. The van der Waals surface area contributed by atoms with Gasteiger partial charge in [-0.1, -0.05) is 42.5 Å². The van der Waals surface area contributed by atoms with Gasteiger partial charge in [0.05, 0.1) is 5.41 Å². The molecule has 0 unspecified atom stereocenters. The van der Waals surface area contributed by atoms with Gasteiger partial charge >= 0.3 is 0 Å². The van der Waals surface area contributed by atoms with Crippen molar-refractivity contribution in [3.05, 3.63) is 59.7 Å². The summed E-state index contributed by atoms with van der Waals surface area (Å²) in [6.45, 7) is 4.97. The molecule has 2 aromatic rings. The average Bonchev–Trinajstić information content (AvgIpc) is 2.84. The number of piperidine rings is 1. The van der Waals surface area contributed by atoms with Crippen LogP contribution in [0.3, 0.4) is 0 Å². The number of likely N-dealkylation sites (tertiary alicyclic amines) is 1. The number of hydrogen-bond donors (Lipinski definition) is 0. The lowest BCUT2D eigenvalue weighted by atomic mass is 9.73. The molecular formula is C28H36N2O3. The minimum Gasteiger partial charge on any atom is -0.381 e. The molecule has 1 amide bonds. The van der Waals surface area contributed by atoms with Crippen molar-refractivity contribution in [3.8, 4) is 11.1 Å². The van der Waals surface area contributed by atoms with Gasteiger partial charge in [0, 0.05) is 31.9 Å². The Balaban J connectivity index is 1.52. The first-order valence-corrected chi connectivity index (χ1v) is 12.1. The number of carbonyl (C=O) groups excluding carboxylic acids is 2. The van der Waals surface area contributed by atoms with Crippen molar-refractivity contribution in [1.29, 1.82) is 0 Å². The Kier molecular flexibility index (Phi) is 7.30. The van der Waals surface area contributed by atoms with Gasteiger partial charge < -0.3 is 14.5 Å². The van der Waals surface area contributed by atoms with Gasteiger partial charge in [0.15, 0.2) is 5.78 Å². The highest BCUT2D eigenvalue weighted by molar-refractivity contribution is 5.95. The summed E-state index contributed by atoms with van der Waals surface area (Å²) in [6, 6.07) is 16.5. The summed E-state index contributed by atoms with van der Waals surface area (Å²) >= 11 is 0. The van der Waals surface area contributed by atoms with Crippen molar-refractivity contribution in [2.75, 3.05) is 40.4 Å². The molecule has 2 heterocycles. The van der Waals surface area contributed by atoms with E-state index in [4.69, 9.17) is 4.74 Å². The van der Waals surface area contributed by atoms with Crippen LogP contribution in [0.4, 0.5) is 0 Å². The van der Waals surface area contributed by atoms with Crippen LogP contribution >= 0.6 is 0 Å². The lowest BCUT2D eigenvalue weighted by molar-refractivity contribution is -0.149. The second-order valence-electron chi connectivity index (χ2n) is 9.85. The standard InChI is InChI=1S/C28H36N2O3/c1-21(31)24-5-4-6-25(19-24)23-9-7-22(8-10-23)20-28(13-17-33-18-14-28)27(32)30(3)26-11-15-29(2)16-12-26/h4-10,19,26H,11-18,20H2,1-3H3. The number of benzene rings is 2. The van der Waals surface area contributed by atoms with E-state index in [9.17, 15) is 9.59 Å². The summed E-state index contributed by atoms with van der Waals surface area (Å²) in [5, 5.41) is 0. The van der Waals surface area contributed by atoms with Crippen LogP contribution in [0.5, 0.6) is 0 Å². The summed E-state index contributed by atoms with van der Waals surface area (Å²) in [4.78, 5) is 29.9. The quantitative estimate of drug-likeness (QED) is 0.613. The molecule has 0 aromatic heterocycles. The van der Waals surface area contributed by atoms with Crippen LogP contribution < -0.4 is 0 Å². The van der Waals surface area contributed by atoms with E-state index in [1.165, 1.54) is 5.56 Å². The minimum atomic E-state index is -0.396. The predicted molar refractivity (Wildman–Crippen MR) is 131 cm³/mol. The number of ether oxygens (including phenoxy) is 1. The fourth-order valence-electron chi connectivity index (χ4n) is 5.27. The van der Waals surface area contributed by atoms with Crippen molar-refractivity contribution in [3.63, 3.8) is 0 Å². The zero-order valence-electron chi connectivity index (χ0n) is 20.2. The lowest BCUT2D eigenvalue weighted by Crippen LogP contribution is -2.52. The molecule has 33 heavy (non-hydrogen) atoms. The average molecular weight is 449 g/mol. The third-order valence-electron chi connectivity index (χ3n) is 7.56. The Labute approximate surface area is 197 Å². The summed E-state index contributed by atoms with van der Waals surface area (Å²) in [7, 11) is 4.15. The van der Waals surface area contributed by atoms with E-state index < -0.39 is 5.41 Å². The fourth-order valence-corrected chi connectivity index (χ4v) is 5.27. The fraction of sp³-hybridized carbons (Fsp3) is 0.500. The largest absolute Gasteiger partial charge is 0.381 e. The normalized spacial score (nSPS) is 19.2. The van der Waals surface area contributed by atoms with Crippen LogP contribution in [-0.2, 0) is 16.0 Å². The second-order valence-corrected chi connectivity index (χ2v) is 9.85. The Morgan fingerprint density at radius 2 is 1.70 bits per heavy atom. The van der Waals surface area contributed by atoms with Crippen LogP contribution in [0.15, 0.2) is 48.5 Å². The van der Waals surface area contributed by atoms with Crippen molar-refractivity contribution in [1.82, 2.24) is 9.80 Å². The van der Waals surface area contributed by atoms with Crippen LogP contribution in [0.1, 0.15) is 48.5 Å². The number of Topliss-reactive ketones (excluding diaryl/α,β-unsaturated/α-hetero) is 1. The molecule has 2 aliphatic heterocycles. The van der Waals surface area contributed by atoms with Crippen molar-refractivity contribution >= 4 is 11.7 Å². The third-order valence-corrected chi connectivity index (χ3v) is 7.56. The summed E-state index contributed by atoms with van der Waals surface area (Å²) in [5.74, 6) is 0.348. The zero-order valence-corrected chi connectivity index (χ0v) is 20.2. The molecule has 0 radical (unpaired) electrons. The maximum absolute atomic E-state index is 13.8. The molecule has 0 saturated carbocycles. The van der Waals surface area contributed by atoms with Gasteiger partial charge in [-0.05, 0) is 81.9 Å². The molecule has 0 atom stereocenters. The number of hydrogen-bond acceptors (Lipinski definition) is 4. The smallest absolute Gasteiger partial charge is 0.229 e. The molecule has 0 bridgehead atoms. The van der Waals surface area contributed by atoms with Gasteiger partial charge in [-0.3, -0.25) is 9.59 Å². The maximum atomic E-state index is 13.8. The molecule has 2 saturated heterocycles. The Hall–Kier alpha value is -2.50. The molecule has 2 aliphatic rings. The van der Waals surface area contributed by atoms with E-state index in [0.29, 0.717) is 19.3 Å². The van der Waals surface area contributed by atoms with Crippen LogP contribution in [-0.4, -0.2) is 67.9 Å². The van der Waals surface area contributed by atoms with Gasteiger partial charge in [0.2, 0.25) is 5.91 Å². The number of amides is 1. The lowest BCUT2D eigenvalue weighted by Gasteiger charge is -2.43. The van der Waals surface area contributed by atoms with E-state index in [1.54, 1.807) is 6.92 Å². The van der Waals surface area contributed by atoms with E-state index in [2.05, 4.69) is 36.2 Å². The van der Waals surface area contributed by atoms with E-state index in [-0.39, 0.29) is 11.7 Å². The number of carbonyl (C=O) groups is 2. The first-order valence-electron chi connectivity index (χ1n) is 12.1. The first kappa shape index (κ1) is 23.7. The van der Waals surface area contributed by atoms with Crippen molar-refractivity contribution in [2.45, 2.75) is 45.1 Å². The second kappa shape index (κ2) is 10.2. The molecule has 0 aliphatic carbocycles. The van der Waals surface area contributed by atoms with Gasteiger partial charge in [0.1, 0.15) is 0 Å². The maximum Gasteiger partial charge on any atom is 0.229 e. The summed E-state index contributed by atoms with van der Waals surface area (Å²) < 4.78 is 5.65. The molecule has 176 valence electrons. The van der Waals surface area contributed by atoms with Crippen molar-refractivity contribution < 1.29 is 14.3 Å². The van der Waals surface area contributed by atoms with Crippen LogP contribution in [0.2, 0.25) is 0 Å². The first-order chi connectivity index (χ1) is 15.9. The molecule has 0 spiro atoms. The Morgan fingerprint density at radius 3 is 2.33 bits per heavy atom. The van der Waals surface area contributed by atoms with Crippen molar-refractivity contribution in [2.24, 2.45) is 5.41 Å². The van der Waals surface area contributed by atoms with Gasteiger partial charge in [-0.15, -0.1) is 0 Å². The molecule has 5 heteroatoms. The van der Waals surface area contributed by atoms with Gasteiger partial charge in [-0.2, -0.15) is 0 Å². The number of ketones is 1. The molecule has 4 rings (SSSR count). The van der Waals surface area contributed by atoms with E-state index in [0.717, 1.165) is 61.9 Å². The highest BCUT2D eigenvalue weighted by Gasteiger charge is 2.43. The van der Waals surface area contributed by atoms with Gasteiger partial charge in [0.25, 0.3) is 0 Å². The molecule has 5 nitrogen and oxygen atoms in total.